The molecule has 2 fully saturated rings. The Morgan fingerprint density at radius 1 is 1.03 bits per heavy atom. The lowest BCUT2D eigenvalue weighted by Crippen LogP contribution is -2.48. The Labute approximate surface area is 178 Å². The van der Waals surface area contributed by atoms with E-state index in [1.165, 1.54) is 11.8 Å². The first-order valence-corrected chi connectivity index (χ1v) is 12.5. The number of benzene rings is 2. The molecule has 0 bridgehead atoms. The van der Waals surface area contributed by atoms with Crippen LogP contribution in [-0.2, 0) is 16.6 Å². The fourth-order valence-electron chi connectivity index (χ4n) is 5.19. The summed E-state index contributed by atoms with van der Waals surface area (Å²) in [4.78, 5) is 2.38. The molecule has 160 valence electrons. The van der Waals surface area contributed by atoms with E-state index in [2.05, 4.69) is 29.2 Å². The van der Waals surface area contributed by atoms with Crippen molar-refractivity contribution >= 4 is 10.0 Å². The fourth-order valence-corrected chi connectivity index (χ4v) is 6.60. The quantitative estimate of drug-likeness (QED) is 0.749. The van der Waals surface area contributed by atoms with Crippen LogP contribution in [0, 0.1) is 0 Å². The molecule has 0 N–H and O–H groups in total. The van der Waals surface area contributed by atoms with Crippen LogP contribution >= 0.6 is 0 Å². The standard InChI is InChI=1S/C23H28N2O4S/c1-30(26,27)25-13-4-11-23(25)12-14-24(17-23)15-18-7-9-19(10-8-18)22-16-28-20-5-2-3-6-21(20)29-22/h2-3,5-10,22H,4,11-17H2,1H3/t22-,23?/m1/s1. The molecular weight excluding hydrogens is 400 g/mol. The summed E-state index contributed by atoms with van der Waals surface area (Å²) in [6.07, 6.45) is 4.09. The van der Waals surface area contributed by atoms with Gasteiger partial charge in [0.2, 0.25) is 10.0 Å². The fraction of sp³-hybridized carbons (Fsp3) is 0.478. The summed E-state index contributed by atoms with van der Waals surface area (Å²) in [5.74, 6) is 1.58. The molecule has 1 unspecified atom stereocenters. The lowest BCUT2D eigenvalue weighted by molar-refractivity contribution is 0.0913. The van der Waals surface area contributed by atoms with Gasteiger partial charge in [0.15, 0.2) is 17.6 Å². The van der Waals surface area contributed by atoms with Crippen molar-refractivity contribution in [3.63, 3.8) is 0 Å². The molecule has 7 heteroatoms. The Balaban J connectivity index is 1.23. The van der Waals surface area contributed by atoms with Gasteiger partial charge in [0, 0.05) is 31.7 Å². The summed E-state index contributed by atoms with van der Waals surface area (Å²) in [6.45, 7) is 3.76. The van der Waals surface area contributed by atoms with E-state index in [4.69, 9.17) is 9.47 Å². The van der Waals surface area contributed by atoms with Gasteiger partial charge >= 0.3 is 0 Å². The Hall–Kier alpha value is -2.09. The summed E-state index contributed by atoms with van der Waals surface area (Å²) in [5, 5.41) is 0. The van der Waals surface area contributed by atoms with E-state index in [9.17, 15) is 8.42 Å². The highest BCUT2D eigenvalue weighted by Gasteiger charge is 2.49. The highest BCUT2D eigenvalue weighted by molar-refractivity contribution is 7.88. The van der Waals surface area contributed by atoms with E-state index in [-0.39, 0.29) is 11.6 Å². The molecule has 6 nitrogen and oxygen atoms in total. The third kappa shape index (κ3) is 3.70. The van der Waals surface area contributed by atoms with Crippen molar-refractivity contribution in [1.29, 1.82) is 0 Å². The van der Waals surface area contributed by atoms with Gasteiger partial charge in [-0.2, -0.15) is 4.31 Å². The molecule has 1 spiro atoms. The highest BCUT2D eigenvalue weighted by atomic mass is 32.2. The molecule has 0 aliphatic carbocycles. The van der Waals surface area contributed by atoms with Crippen molar-refractivity contribution in [2.45, 2.75) is 37.5 Å². The minimum Gasteiger partial charge on any atom is -0.485 e. The molecule has 2 aromatic rings. The Morgan fingerprint density at radius 3 is 2.57 bits per heavy atom. The molecule has 3 aliphatic rings. The molecule has 0 saturated carbocycles. The zero-order chi connectivity index (χ0) is 20.8. The lowest BCUT2D eigenvalue weighted by atomic mass is 9.97. The van der Waals surface area contributed by atoms with Crippen LogP contribution in [0.25, 0.3) is 0 Å². The molecule has 0 amide bonds. The van der Waals surface area contributed by atoms with Crippen LogP contribution in [0.4, 0.5) is 0 Å². The average molecular weight is 429 g/mol. The summed E-state index contributed by atoms with van der Waals surface area (Å²) >= 11 is 0. The Morgan fingerprint density at radius 2 is 1.80 bits per heavy atom. The van der Waals surface area contributed by atoms with Gasteiger partial charge in [-0.05, 0) is 42.5 Å². The highest BCUT2D eigenvalue weighted by Crippen LogP contribution is 2.40. The SMILES string of the molecule is CS(=O)(=O)N1CCCC12CCN(Cc1ccc([C@H]3COc4ccccc4O3)cc1)C2. The summed E-state index contributed by atoms with van der Waals surface area (Å²) in [5.41, 5.74) is 2.13. The van der Waals surface area contributed by atoms with Crippen LogP contribution < -0.4 is 9.47 Å². The first-order valence-electron chi connectivity index (χ1n) is 10.6. The second-order valence-corrected chi connectivity index (χ2v) is 10.6. The van der Waals surface area contributed by atoms with Gasteiger partial charge in [-0.1, -0.05) is 36.4 Å². The van der Waals surface area contributed by atoms with Gasteiger partial charge < -0.3 is 9.47 Å². The van der Waals surface area contributed by atoms with Crippen LogP contribution in [0.1, 0.15) is 36.5 Å². The van der Waals surface area contributed by atoms with Crippen LogP contribution in [0.5, 0.6) is 11.5 Å². The van der Waals surface area contributed by atoms with Crippen molar-refractivity contribution in [2.24, 2.45) is 0 Å². The van der Waals surface area contributed by atoms with Gasteiger partial charge in [-0.25, -0.2) is 8.42 Å². The van der Waals surface area contributed by atoms with Crippen molar-refractivity contribution in [1.82, 2.24) is 9.21 Å². The summed E-state index contributed by atoms with van der Waals surface area (Å²) < 4.78 is 38.1. The molecule has 2 saturated heterocycles. The van der Waals surface area contributed by atoms with E-state index in [0.29, 0.717) is 13.2 Å². The molecule has 0 aromatic heterocycles. The van der Waals surface area contributed by atoms with Crippen molar-refractivity contribution in [2.75, 3.05) is 32.5 Å². The molecule has 2 atom stereocenters. The maximum absolute atomic E-state index is 12.2. The maximum Gasteiger partial charge on any atom is 0.211 e. The summed E-state index contributed by atoms with van der Waals surface area (Å²) in [6, 6.07) is 16.3. The van der Waals surface area contributed by atoms with Gasteiger partial charge in [-0.15, -0.1) is 0 Å². The van der Waals surface area contributed by atoms with Crippen molar-refractivity contribution < 1.29 is 17.9 Å². The van der Waals surface area contributed by atoms with E-state index in [1.807, 2.05) is 24.3 Å². The second kappa shape index (κ2) is 7.55. The topological polar surface area (TPSA) is 59.1 Å². The number of rotatable bonds is 4. The van der Waals surface area contributed by atoms with Crippen LogP contribution in [0.3, 0.4) is 0 Å². The zero-order valence-electron chi connectivity index (χ0n) is 17.3. The monoisotopic (exact) mass is 428 g/mol. The number of para-hydroxylation sites is 2. The lowest BCUT2D eigenvalue weighted by Gasteiger charge is -2.33. The molecular formula is C23H28N2O4S. The van der Waals surface area contributed by atoms with E-state index in [1.54, 1.807) is 4.31 Å². The number of ether oxygens (including phenoxy) is 2. The number of hydrogen-bond donors (Lipinski definition) is 0. The molecule has 3 aliphatic heterocycles. The number of likely N-dealkylation sites (tertiary alicyclic amines) is 1. The van der Waals surface area contributed by atoms with E-state index in [0.717, 1.165) is 56.0 Å². The zero-order valence-corrected chi connectivity index (χ0v) is 18.1. The first kappa shape index (κ1) is 19.8. The van der Waals surface area contributed by atoms with E-state index >= 15 is 0 Å². The van der Waals surface area contributed by atoms with Gasteiger partial charge in [0.05, 0.1) is 6.26 Å². The largest absolute Gasteiger partial charge is 0.485 e. The van der Waals surface area contributed by atoms with Crippen LogP contribution in [0.15, 0.2) is 48.5 Å². The van der Waals surface area contributed by atoms with Crippen LogP contribution in [0.2, 0.25) is 0 Å². The van der Waals surface area contributed by atoms with Gasteiger partial charge in [0.25, 0.3) is 0 Å². The molecule has 0 radical (unpaired) electrons. The van der Waals surface area contributed by atoms with Gasteiger partial charge in [-0.3, -0.25) is 4.90 Å². The molecule has 2 aromatic carbocycles. The van der Waals surface area contributed by atoms with Crippen LogP contribution in [-0.4, -0.2) is 55.7 Å². The third-order valence-electron chi connectivity index (χ3n) is 6.61. The Kier molecular flexibility index (Phi) is 5.00. The maximum atomic E-state index is 12.2. The first-order chi connectivity index (χ1) is 14.4. The molecule has 5 rings (SSSR count). The predicted molar refractivity (Wildman–Crippen MR) is 115 cm³/mol. The number of nitrogens with zero attached hydrogens (tertiary/aromatic N) is 2. The predicted octanol–water partition coefficient (Wildman–Crippen LogP) is 3.20. The minimum atomic E-state index is -3.15. The van der Waals surface area contributed by atoms with E-state index < -0.39 is 10.0 Å². The molecule has 30 heavy (non-hydrogen) atoms. The smallest absolute Gasteiger partial charge is 0.211 e. The van der Waals surface area contributed by atoms with Crippen molar-refractivity contribution in [3.8, 4) is 11.5 Å². The minimum absolute atomic E-state index is 0.106. The molecule has 3 heterocycles. The Bertz CT molecular complexity index is 1020. The average Bonchev–Trinajstić information content (AvgIpc) is 3.35. The number of hydrogen-bond acceptors (Lipinski definition) is 5. The second-order valence-electron chi connectivity index (χ2n) is 8.73. The number of sulfonamides is 1. The normalized spacial score (nSPS) is 27.0. The summed E-state index contributed by atoms with van der Waals surface area (Å²) in [7, 11) is -3.15. The van der Waals surface area contributed by atoms with Gasteiger partial charge in [0.1, 0.15) is 6.61 Å². The number of fused-ring (bicyclic) bond motifs is 1. The van der Waals surface area contributed by atoms with Crippen molar-refractivity contribution in [3.05, 3.63) is 59.7 Å². The third-order valence-corrected chi connectivity index (χ3v) is 7.98.